The molecule has 0 atom stereocenters. The topological polar surface area (TPSA) is 33.0 Å². The van der Waals surface area contributed by atoms with Gasteiger partial charge in [0.25, 0.3) is 0 Å². The summed E-state index contributed by atoms with van der Waals surface area (Å²) in [5, 5.41) is 8.84. The Bertz CT molecular complexity index is 924. The van der Waals surface area contributed by atoms with Crippen molar-refractivity contribution in [3.8, 4) is 34.1 Å². The highest BCUT2D eigenvalue weighted by atomic mass is 19.1. The molecule has 3 aromatic rings. The van der Waals surface area contributed by atoms with Crippen molar-refractivity contribution < 1.29 is 9.13 Å². The summed E-state index contributed by atoms with van der Waals surface area (Å²) in [4.78, 5) is 0. The molecule has 0 amide bonds. The van der Waals surface area contributed by atoms with E-state index >= 15 is 0 Å². The monoisotopic (exact) mass is 317 g/mol. The van der Waals surface area contributed by atoms with Crippen LogP contribution in [0.1, 0.15) is 11.1 Å². The summed E-state index contributed by atoms with van der Waals surface area (Å²) in [7, 11) is 1.63. The third-order valence-electron chi connectivity index (χ3n) is 4.02. The van der Waals surface area contributed by atoms with Crippen LogP contribution in [0.4, 0.5) is 4.39 Å². The molecule has 0 aliphatic carbocycles. The van der Waals surface area contributed by atoms with Crippen molar-refractivity contribution in [1.29, 1.82) is 5.26 Å². The zero-order valence-electron chi connectivity index (χ0n) is 13.5. The maximum absolute atomic E-state index is 14.6. The van der Waals surface area contributed by atoms with Gasteiger partial charge in [0.1, 0.15) is 11.6 Å². The number of nitriles is 1. The van der Waals surface area contributed by atoms with Gasteiger partial charge in [-0.2, -0.15) is 5.26 Å². The standard InChI is InChI=1S/C21H16FNO/c1-14-11-17(8-10-21(14)24-2)18-7-9-19(20(22)12-18)16-5-3-15(13-23)4-6-16/h3-12H,1-2H3. The van der Waals surface area contributed by atoms with Gasteiger partial charge in [-0.15, -0.1) is 0 Å². The third kappa shape index (κ3) is 3.00. The van der Waals surface area contributed by atoms with E-state index in [2.05, 4.69) is 6.07 Å². The van der Waals surface area contributed by atoms with Crippen molar-refractivity contribution in [2.24, 2.45) is 0 Å². The number of halogens is 1. The van der Waals surface area contributed by atoms with Gasteiger partial charge in [-0.25, -0.2) is 4.39 Å². The largest absolute Gasteiger partial charge is 0.496 e. The SMILES string of the molecule is COc1ccc(-c2ccc(-c3ccc(C#N)cc3)c(F)c2)cc1C. The second-order valence-electron chi connectivity index (χ2n) is 5.57. The fourth-order valence-corrected chi connectivity index (χ4v) is 2.71. The molecule has 0 fully saturated rings. The van der Waals surface area contributed by atoms with Crippen molar-refractivity contribution in [3.63, 3.8) is 0 Å². The van der Waals surface area contributed by atoms with Crippen LogP contribution in [-0.2, 0) is 0 Å². The maximum atomic E-state index is 14.6. The normalized spacial score (nSPS) is 10.2. The smallest absolute Gasteiger partial charge is 0.131 e. The number of ether oxygens (including phenoxy) is 1. The quantitative estimate of drug-likeness (QED) is 0.652. The lowest BCUT2D eigenvalue weighted by atomic mass is 9.98. The minimum absolute atomic E-state index is 0.286. The zero-order chi connectivity index (χ0) is 17.1. The molecule has 0 saturated carbocycles. The van der Waals surface area contributed by atoms with Gasteiger partial charge >= 0.3 is 0 Å². The van der Waals surface area contributed by atoms with Crippen LogP contribution in [-0.4, -0.2) is 7.11 Å². The van der Waals surface area contributed by atoms with E-state index in [1.165, 1.54) is 6.07 Å². The predicted molar refractivity (Wildman–Crippen MR) is 93.3 cm³/mol. The summed E-state index contributed by atoms with van der Waals surface area (Å²) in [6.07, 6.45) is 0. The Morgan fingerprint density at radius 3 is 2.08 bits per heavy atom. The van der Waals surface area contributed by atoms with Gasteiger partial charge in [-0.1, -0.05) is 30.3 Å². The highest BCUT2D eigenvalue weighted by Gasteiger charge is 2.09. The van der Waals surface area contributed by atoms with Crippen LogP contribution in [0, 0.1) is 24.1 Å². The Kier molecular flexibility index (Phi) is 4.31. The van der Waals surface area contributed by atoms with Crippen LogP contribution in [0.25, 0.3) is 22.3 Å². The maximum Gasteiger partial charge on any atom is 0.131 e. The Hall–Kier alpha value is -3.12. The first-order valence-electron chi connectivity index (χ1n) is 7.57. The van der Waals surface area contributed by atoms with E-state index in [0.717, 1.165) is 28.0 Å². The molecule has 0 bridgehead atoms. The third-order valence-corrected chi connectivity index (χ3v) is 4.02. The molecule has 0 saturated heterocycles. The molecule has 0 unspecified atom stereocenters. The van der Waals surface area contributed by atoms with Crippen LogP contribution in [0.3, 0.4) is 0 Å². The second kappa shape index (κ2) is 6.55. The van der Waals surface area contributed by atoms with Crippen LogP contribution < -0.4 is 4.74 Å². The van der Waals surface area contributed by atoms with E-state index in [9.17, 15) is 4.39 Å². The lowest BCUT2D eigenvalue weighted by Gasteiger charge is -2.10. The van der Waals surface area contributed by atoms with Gasteiger partial charge in [-0.05, 0) is 59.5 Å². The number of rotatable bonds is 3. The van der Waals surface area contributed by atoms with Crippen LogP contribution in [0.5, 0.6) is 5.75 Å². The second-order valence-corrected chi connectivity index (χ2v) is 5.57. The first-order valence-corrected chi connectivity index (χ1v) is 7.57. The molecule has 0 aliphatic rings. The van der Waals surface area contributed by atoms with Crippen molar-refractivity contribution in [2.75, 3.05) is 7.11 Å². The molecule has 0 heterocycles. The highest BCUT2D eigenvalue weighted by molar-refractivity contribution is 5.72. The molecule has 2 nitrogen and oxygen atoms in total. The molecule has 0 aliphatic heterocycles. The Morgan fingerprint density at radius 2 is 1.50 bits per heavy atom. The molecule has 3 rings (SSSR count). The fraction of sp³-hybridized carbons (Fsp3) is 0.0952. The van der Waals surface area contributed by atoms with E-state index in [-0.39, 0.29) is 5.82 Å². The molecule has 0 radical (unpaired) electrons. The van der Waals surface area contributed by atoms with Crippen molar-refractivity contribution in [1.82, 2.24) is 0 Å². The molecular formula is C21H16FNO. The minimum atomic E-state index is -0.286. The zero-order valence-corrected chi connectivity index (χ0v) is 13.5. The van der Waals surface area contributed by atoms with E-state index in [1.807, 2.05) is 31.2 Å². The van der Waals surface area contributed by atoms with E-state index < -0.39 is 0 Å². The summed E-state index contributed by atoms with van der Waals surface area (Å²) in [6.45, 7) is 1.96. The summed E-state index contributed by atoms with van der Waals surface area (Å²) >= 11 is 0. The number of benzene rings is 3. The molecule has 118 valence electrons. The lowest BCUT2D eigenvalue weighted by molar-refractivity contribution is 0.412. The minimum Gasteiger partial charge on any atom is -0.496 e. The first-order chi connectivity index (χ1) is 11.6. The van der Waals surface area contributed by atoms with Gasteiger partial charge in [0.2, 0.25) is 0 Å². The molecular weight excluding hydrogens is 301 g/mol. The van der Waals surface area contributed by atoms with Crippen LogP contribution in [0.15, 0.2) is 60.7 Å². The number of aryl methyl sites for hydroxylation is 1. The van der Waals surface area contributed by atoms with Crippen molar-refractivity contribution in [2.45, 2.75) is 6.92 Å². The molecule has 0 aromatic heterocycles. The average Bonchev–Trinajstić information content (AvgIpc) is 2.61. The summed E-state index contributed by atoms with van der Waals surface area (Å²) in [5.41, 5.74) is 4.60. The van der Waals surface area contributed by atoms with Gasteiger partial charge in [0, 0.05) is 5.56 Å². The fourth-order valence-electron chi connectivity index (χ4n) is 2.71. The number of hydrogen-bond donors (Lipinski definition) is 0. The summed E-state index contributed by atoms with van der Waals surface area (Å²) < 4.78 is 19.8. The first kappa shape index (κ1) is 15.8. The predicted octanol–water partition coefficient (Wildman–Crippen LogP) is 5.35. The van der Waals surface area contributed by atoms with E-state index in [4.69, 9.17) is 10.00 Å². The average molecular weight is 317 g/mol. The number of hydrogen-bond acceptors (Lipinski definition) is 2. The molecule has 0 spiro atoms. The molecule has 0 N–H and O–H groups in total. The van der Waals surface area contributed by atoms with E-state index in [1.54, 1.807) is 37.4 Å². The Labute approximate surface area is 140 Å². The lowest BCUT2D eigenvalue weighted by Crippen LogP contribution is -1.90. The van der Waals surface area contributed by atoms with Crippen LogP contribution >= 0.6 is 0 Å². The van der Waals surface area contributed by atoms with Gasteiger partial charge in [0.15, 0.2) is 0 Å². The molecule has 3 heteroatoms. The summed E-state index contributed by atoms with van der Waals surface area (Å²) in [6, 6.07) is 20.0. The van der Waals surface area contributed by atoms with Crippen LogP contribution in [0.2, 0.25) is 0 Å². The van der Waals surface area contributed by atoms with Crippen molar-refractivity contribution >= 4 is 0 Å². The molecule has 24 heavy (non-hydrogen) atoms. The highest BCUT2D eigenvalue weighted by Crippen LogP contribution is 2.30. The summed E-state index contributed by atoms with van der Waals surface area (Å²) in [5.74, 6) is 0.527. The number of methoxy groups -OCH3 is 1. The van der Waals surface area contributed by atoms with E-state index in [0.29, 0.717) is 11.1 Å². The Balaban J connectivity index is 1.97. The van der Waals surface area contributed by atoms with Gasteiger partial charge in [-0.3, -0.25) is 0 Å². The molecule has 3 aromatic carbocycles. The van der Waals surface area contributed by atoms with Gasteiger partial charge in [0.05, 0.1) is 18.7 Å². The Morgan fingerprint density at radius 1 is 0.875 bits per heavy atom. The van der Waals surface area contributed by atoms with Gasteiger partial charge < -0.3 is 4.74 Å². The number of nitrogens with zero attached hydrogens (tertiary/aromatic N) is 1. The van der Waals surface area contributed by atoms with Crippen molar-refractivity contribution in [3.05, 3.63) is 77.6 Å².